The molecule has 0 bridgehead atoms. The smallest absolute Gasteiger partial charge is 0.364 e. The van der Waals surface area contributed by atoms with E-state index in [1.54, 1.807) is 0 Å². The highest BCUT2D eigenvalue weighted by Gasteiger charge is 2.64. The summed E-state index contributed by atoms with van der Waals surface area (Å²) in [4.78, 5) is 77.5. The molecule has 5 amide bonds. The van der Waals surface area contributed by atoms with Crippen LogP contribution in [0, 0.1) is 0 Å². The fourth-order valence-electron chi connectivity index (χ4n) is 18.3. The number of aliphatic hydroxyl groups is 30. The number of carbonyl (C=O) groups excluding carboxylic acids is 5. The van der Waals surface area contributed by atoms with Gasteiger partial charge in [0.25, 0.3) is 5.79 Å². The lowest BCUT2D eigenvalue weighted by Crippen LogP contribution is -2.71. The molecule has 0 radical (unpaired) electrons. The number of carboxylic acids is 1. The predicted octanol–water partition coefficient (Wildman–Crippen LogP) is -24.0. The summed E-state index contributed by atoms with van der Waals surface area (Å²) < 4.78 is 125. The van der Waals surface area contributed by atoms with Crippen molar-refractivity contribution in [2.45, 2.75) is 391 Å². The van der Waals surface area contributed by atoms with Crippen molar-refractivity contribution >= 4 is 35.5 Å². The topological polar surface area (TPSA) is 984 Å². The van der Waals surface area contributed by atoms with Crippen LogP contribution in [0.3, 0.4) is 0 Å². The molecule has 11 aliphatic heterocycles. The zero-order chi connectivity index (χ0) is 105. The average molecular weight is 2080 g/mol. The first-order valence-corrected chi connectivity index (χ1v) is 45.1. The lowest BCUT2D eigenvalue weighted by molar-refractivity contribution is -0.399. The van der Waals surface area contributed by atoms with Gasteiger partial charge in [0.2, 0.25) is 29.5 Å². The van der Waals surface area contributed by atoms with E-state index in [4.69, 9.17) is 99.5 Å². The number of ether oxygens (including phenoxy) is 21. The van der Waals surface area contributed by atoms with Crippen LogP contribution in [0.4, 0.5) is 0 Å². The van der Waals surface area contributed by atoms with Crippen LogP contribution in [0.15, 0.2) is 0 Å². The third-order valence-electron chi connectivity index (χ3n) is 25.9. The second-order valence-electron chi connectivity index (χ2n) is 36.0. The second kappa shape index (κ2) is 50.6. The molecule has 11 heterocycles. The summed E-state index contributed by atoms with van der Waals surface area (Å²) in [5.41, 5.74) is 0. The third-order valence-corrected chi connectivity index (χ3v) is 25.9. The van der Waals surface area contributed by atoms with Crippen molar-refractivity contribution in [2.75, 3.05) is 66.1 Å². The summed E-state index contributed by atoms with van der Waals surface area (Å²) >= 11 is 0. The minimum absolute atomic E-state index is 0.848. The Labute approximate surface area is 803 Å². The molecule has 56 atom stereocenters. The zero-order valence-electron chi connectivity index (χ0n) is 76.4. The van der Waals surface area contributed by atoms with Gasteiger partial charge in [-0.2, -0.15) is 0 Å². The number of rotatable bonds is 38. The van der Waals surface area contributed by atoms with E-state index >= 15 is 0 Å². The molecule has 0 aromatic carbocycles. The van der Waals surface area contributed by atoms with Crippen LogP contribution in [-0.2, 0) is 128 Å². The van der Waals surface area contributed by atoms with E-state index in [1.165, 1.54) is 6.92 Å². The quantitative estimate of drug-likeness (QED) is 0.0273. The lowest BCUT2D eigenvalue weighted by Gasteiger charge is -2.51. The maximum Gasteiger partial charge on any atom is 0.364 e. The molecular formula is C79H131N5O58. The standard InChI is InChI=1S/C79H131N5O58/c1-18-40(99)51(110)56(115)72(125-18)122-16-34-63(47(106)36(68(119)126-34)81-20(3)93)135-69-37(82-21(4)94)48(107)62(31(14-91)130-69)138-75-59(118)65(46(105)32(133-75)15-123-76-66(54(113)43(102)27(10-87)128-76)140-70-38(83-22(5)95)49(108)60(29(12-89)131-70)136-73-57(116)52(111)42(101)26(9-86)127-73)139-77-67(55(114)44(103)28(11-88)129-77)141-71-39(84-23(6)96)50(109)61(30(13-90)132-71)137-74-58(117)53(112)45(104)33(134-74)17-124-79(78(120)121)7-24(97)35(80-19(2)92)64(142-79)41(100)25(98)8-85/h18,24-77,85-91,97-119H,7-17H2,1-6H3,(H,80,92)(H,81,93)(H,82,94)(H,83,95)(H,84,96)(H,120,121)/t18-,24-,25+,26+,27+,28+,29+,30+,31+,32+,33+,34+,35+,36+,37+,38+,39+,40+,41+,42+,43+,44+,45+,46+,47+,48+,49+,50+,51+,52-,53-,54-,55-,56-,57+,58+,59-,60+,61+,62+,63+,64+,65-,66-,67-,68+,69-,70-,71-,72+,73-,74-,75-,76-,77+,79+/m0/s1. The van der Waals surface area contributed by atoms with E-state index in [9.17, 15) is 187 Å². The first-order chi connectivity index (χ1) is 66.9. The van der Waals surface area contributed by atoms with E-state index < -0.39 is 451 Å². The van der Waals surface area contributed by atoms with E-state index in [0.29, 0.717) is 0 Å². The van der Waals surface area contributed by atoms with Crippen molar-refractivity contribution in [3.05, 3.63) is 0 Å². The number of carbonyl (C=O) groups is 6. The van der Waals surface area contributed by atoms with Crippen molar-refractivity contribution in [2.24, 2.45) is 0 Å². The first kappa shape index (κ1) is 117. The number of hydrogen-bond donors (Lipinski definition) is 36. The van der Waals surface area contributed by atoms with Crippen LogP contribution < -0.4 is 26.6 Å². The molecule has 36 N–H and O–H groups in total. The minimum atomic E-state index is -3.12. The number of carboxylic acid groups (broad SMARTS) is 1. The molecule has 0 aliphatic carbocycles. The van der Waals surface area contributed by atoms with Crippen molar-refractivity contribution in [3.8, 4) is 0 Å². The largest absolute Gasteiger partial charge is 0.477 e. The Morgan fingerprint density at radius 2 is 0.620 bits per heavy atom. The lowest BCUT2D eigenvalue weighted by atomic mass is 9.88. The van der Waals surface area contributed by atoms with E-state index in [1.807, 2.05) is 0 Å². The molecule has 142 heavy (non-hydrogen) atoms. The highest BCUT2D eigenvalue weighted by molar-refractivity contribution is 5.77. The number of aliphatic carboxylic acids is 1. The summed E-state index contributed by atoms with van der Waals surface area (Å²) in [5, 5.41) is 360. The van der Waals surface area contributed by atoms with Crippen LogP contribution in [0.5, 0.6) is 0 Å². The van der Waals surface area contributed by atoms with Crippen LogP contribution in [-0.4, -0.2) is 603 Å². The van der Waals surface area contributed by atoms with Crippen LogP contribution in [0.1, 0.15) is 48.0 Å². The molecule has 63 heteroatoms. The Morgan fingerprint density at radius 1 is 0.303 bits per heavy atom. The summed E-state index contributed by atoms with van der Waals surface area (Å²) in [7, 11) is 0. The highest BCUT2D eigenvalue weighted by atomic mass is 16.8. The highest BCUT2D eigenvalue weighted by Crippen LogP contribution is 2.43. The van der Waals surface area contributed by atoms with Gasteiger partial charge in [-0.1, -0.05) is 0 Å². The molecule has 11 aliphatic rings. The maximum atomic E-state index is 13.4. The first-order valence-electron chi connectivity index (χ1n) is 45.1. The Hall–Kier alpha value is -5.22. The molecule has 63 nitrogen and oxygen atoms in total. The maximum absolute atomic E-state index is 13.4. The average Bonchev–Trinajstić information content (AvgIpc) is 0.764. The van der Waals surface area contributed by atoms with Crippen LogP contribution in [0.2, 0.25) is 0 Å². The molecule has 0 aromatic heterocycles. The zero-order valence-corrected chi connectivity index (χ0v) is 76.4. The number of amides is 5. The van der Waals surface area contributed by atoms with Crippen molar-refractivity contribution in [1.29, 1.82) is 0 Å². The van der Waals surface area contributed by atoms with Gasteiger partial charge in [-0.15, -0.1) is 0 Å². The van der Waals surface area contributed by atoms with Gasteiger partial charge in [-0.25, -0.2) is 4.79 Å². The van der Waals surface area contributed by atoms with Gasteiger partial charge in [0.1, 0.15) is 256 Å². The van der Waals surface area contributed by atoms with E-state index in [2.05, 4.69) is 26.6 Å². The summed E-state index contributed by atoms with van der Waals surface area (Å²) in [5.74, 6) is -10.0. The van der Waals surface area contributed by atoms with Gasteiger partial charge in [0.05, 0.1) is 84.3 Å². The molecular weight excluding hydrogens is 1950 g/mol. The predicted molar refractivity (Wildman–Crippen MR) is 436 cm³/mol. The Morgan fingerprint density at radius 3 is 1.05 bits per heavy atom. The van der Waals surface area contributed by atoms with Crippen molar-refractivity contribution in [1.82, 2.24) is 26.6 Å². The monoisotopic (exact) mass is 2080 g/mol. The van der Waals surface area contributed by atoms with Crippen LogP contribution >= 0.6 is 0 Å². The van der Waals surface area contributed by atoms with E-state index in [-0.39, 0.29) is 0 Å². The molecule has 11 fully saturated rings. The SMILES string of the molecule is CC(=O)N[C@@H]1[C@@H](O)[C@H](O[C@@H]2O[C@H](CO)[C@@H](O[C@@H]3O[C@H](CO[C@H]4O[C@H](CO)[C@@H](O)[C@H](O)[C@@H]4O[C@@H]4O[C@H](CO)[C@@H](O[C@@H]5O[C@H](CO)[C@@H](O)[C@H](O)[C@H]5O)[C@H](O)[C@H]4NC(C)=O)[C@@H](O)[C@H](O[C@H]4O[C@H](CO)[C@@H](O)[C@H](O)[C@@H]4O[C@@H]4O[C@H](CO)[C@@H](O[C@@H]5O[C@H](CO[C@]6(C(=O)O)C[C@H](O)[C@@H](NC(C)=O)[C@H]([C@H](O)[C@H](O)CO)O6)[C@@H](O)[C@H](O)[C@H]5O)[C@H](O)[C@H]4NC(C)=O)[C@@H]3O)[C@H](O)[C@H]2NC(C)=O)[C@@H](CO[C@@H]2O[C@@H](C)[C@@H](O)[C@@H](O)[C@@H]2O)O[C@H]1O. The van der Waals surface area contributed by atoms with E-state index in [0.717, 1.165) is 34.6 Å². The normalized spacial score (nSPS) is 48.0. The van der Waals surface area contributed by atoms with Crippen molar-refractivity contribution in [3.63, 3.8) is 0 Å². The Balaban J connectivity index is 0.908. The van der Waals surface area contributed by atoms with Gasteiger partial charge in [0, 0.05) is 41.0 Å². The minimum Gasteiger partial charge on any atom is -0.477 e. The number of nitrogens with one attached hydrogen (secondary N) is 5. The molecule has 0 saturated carbocycles. The van der Waals surface area contributed by atoms with Gasteiger partial charge >= 0.3 is 5.97 Å². The van der Waals surface area contributed by atoms with Crippen molar-refractivity contribution < 1.29 is 287 Å². The fourth-order valence-corrected chi connectivity index (χ4v) is 18.3. The molecule has 11 rings (SSSR count). The molecule has 11 saturated heterocycles. The van der Waals surface area contributed by atoms with Gasteiger partial charge < -0.3 is 284 Å². The fraction of sp³-hybridized carbons (Fsp3) is 0.924. The molecule has 0 aromatic rings. The van der Waals surface area contributed by atoms with Gasteiger partial charge in [-0.05, 0) is 6.92 Å². The Kier molecular flexibility index (Phi) is 41.7. The third kappa shape index (κ3) is 26.0. The second-order valence-corrected chi connectivity index (χ2v) is 36.0. The van der Waals surface area contributed by atoms with Gasteiger partial charge in [-0.3, -0.25) is 24.0 Å². The number of aliphatic hydroxyl groups excluding tert-OH is 30. The molecule has 0 unspecified atom stereocenters. The summed E-state index contributed by atoms with van der Waals surface area (Å²) in [6, 6.07) is -9.70. The summed E-state index contributed by atoms with van der Waals surface area (Å²) in [6.07, 6.45) is -110. The summed E-state index contributed by atoms with van der Waals surface area (Å²) in [6.45, 7) is -5.99. The van der Waals surface area contributed by atoms with Gasteiger partial charge in [0.15, 0.2) is 62.9 Å². The molecule has 0 spiro atoms. The molecule has 820 valence electrons. The number of hydrogen-bond acceptors (Lipinski definition) is 57. The van der Waals surface area contributed by atoms with Crippen LogP contribution in [0.25, 0.3) is 0 Å². The Bertz CT molecular complexity index is 4010.